The van der Waals surface area contributed by atoms with Gasteiger partial charge in [-0.25, -0.2) is 0 Å². The maximum atomic E-state index is 9.96. The molecule has 3 nitrogen and oxygen atoms in total. The molecule has 2 aromatic carbocycles. The van der Waals surface area contributed by atoms with E-state index >= 15 is 0 Å². The zero-order chi connectivity index (χ0) is 15.6. The topological polar surface area (TPSA) is 38.7 Å². The van der Waals surface area contributed by atoms with Gasteiger partial charge in [-0.15, -0.1) is 0 Å². The van der Waals surface area contributed by atoms with Crippen LogP contribution in [0.1, 0.15) is 23.7 Å². The Kier molecular flexibility index (Phi) is 6.68. The molecule has 22 heavy (non-hydrogen) atoms. The quantitative estimate of drug-likeness (QED) is 0.593. The molecule has 0 spiro atoms. The van der Waals surface area contributed by atoms with Gasteiger partial charge in [-0.05, 0) is 29.7 Å². The van der Waals surface area contributed by atoms with Crippen LogP contribution in [0.4, 0.5) is 0 Å². The van der Waals surface area contributed by atoms with Crippen molar-refractivity contribution in [1.29, 1.82) is 0 Å². The molecule has 2 aromatic rings. The number of aliphatic hydroxyl groups excluding tert-OH is 1. The van der Waals surface area contributed by atoms with Crippen molar-refractivity contribution in [2.45, 2.75) is 19.1 Å². The van der Waals surface area contributed by atoms with E-state index in [9.17, 15) is 5.11 Å². The number of hydrogen-bond acceptors (Lipinski definition) is 3. The highest BCUT2D eigenvalue weighted by Gasteiger charge is 2.00. The highest BCUT2D eigenvalue weighted by Crippen LogP contribution is 2.14. The van der Waals surface area contributed by atoms with Gasteiger partial charge in [-0.3, -0.25) is 0 Å². The van der Waals surface area contributed by atoms with Gasteiger partial charge in [0.25, 0.3) is 0 Å². The minimum Gasteiger partial charge on any atom is -0.497 e. The molecule has 0 aromatic heterocycles. The van der Waals surface area contributed by atoms with Gasteiger partial charge in [-0.2, -0.15) is 0 Å². The zero-order valence-corrected chi connectivity index (χ0v) is 12.8. The third-order valence-corrected chi connectivity index (χ3v) is 3.32. The minimum absolute atomic E-state index is 0.553. The third-order valence-electron chi connectivity index (χ3n) is 3.32. The van der Waals surface area contributed by atoms with Crippen LogP contribution in [-0.4, -0.2) is 18.8 Å². The van der Waals surface area contributed by atoms with E-state index < -0.39 is 6.10 Å². The lowest BCUT2D eigenvalue weighted by atomic mass is 10.1. The normalized spacial score (nSPS) is 12.5. The molecule has 3 heteroatoms. The number of hydrogen-bond donors (Lipinski definition) is 1. The summed E-state index contributed by atoms with van der Waals surface area (Å²) in [4.78, 5) is 0. The summed E-state index contributed by atoms with van der Waals surface area (Å²) in [6, 6.07) is 17.4. The lowest BCUT2D eigenvalue weighted by Crippen LogP contribution is -1.95. The number of rotatable bonds is 8. The van der Waals surface area contributed by atoms with Crippen LogP contribution in [0.25, 0.3) is 0 Å². The van der Waals surface area contributed by atoms with Crippen molar-refractivity contribution >= 4 is 0 Å². The molecule has 1 atom stereocenters. The summed E-state index contributed by atoms with van der Waals surface area (Å²) in [6.07, 6.45) is 3.97. The van der Waals surface area contributed by atoms with Crippen LogP contribution in [0.15, 0.2) is 66.7 Å². The summed E-state index contributed by atoms with van der Waals surface area (Å²) >= 11 is 0. The van der Waals surface area contributed by atoms with Crippen LogP contribution in [0.5, 0.6) is 5.75 Å². The van der Waals surface area contributed by atoms with Gasteiger partial charge >= 0.3 is 0 Å². The maximum Gasteiger partial charge on any atom is 0.118 e. The summed E-state index contributed by atoms with van der Waals surface area (Å²) in [5.41, 5.74) is 2.02. The Bertz CT molecular complexity index is 561. The molecule has 0 aliphatic heterocycles. The van der Waals surface area contributed by atoms with Gasteiger partial charge in [0.15, 0.2) is 0 Å². The van der Waals surface area contributed by atoms with Gasteiger partial charge in [-0.1, -0.05) is 54.6 Å². The van der Waals surface area contributed by atoms with Crippen molar-refractivity contribution in [3.8, 4) is 5.75 Å². The Balaban J connectivity index is 1.65. The van der Waals surface area contributed by atoms with E-state index in [1.165, 1.54) is 0 Å². The van der Waals surface area contributed by atoms with Gasteiger partial charge in [0.05, 0.1) is 26.4 Å². The molecule has 0 radical (unpaired) electrons. The first-order valence-electron chi connectivity index (χ1n) is 7.40. The molecular formula is C19H22O3. The molecular weight excluding hydrogens is 276 g/mol. The van der Waals surface area contributed by atoms with Crippen molar-refractivity contribution in [2.75, 3.05) is 13.7 Å². The van der Waals surface area contributed by atoms with Crippen LogP contribution in [-0.2, 0) is 11.3 Å². The SMILES string of the molecule is COc1ccc(COCC/C=C/[C@H](O)c2ccccc2)cc1. The molecule has 0 unspecified atom stereocenters. The molecule has 0 saturated carbocycles. The predicted octanol–water partition coefficient (Wildman–Crippen LogP) is 3.89. The lowest BCUT2D eigenvalue weighted by Gasteiger charge is -2.06. The zero-order valence-electron chi connectivity index (χ0n) is 12.8. The van der Waals surface area contributed by atoms with Gasteiger partial charge < -0.3 is 14.6 Å². The summed E-state index contributed by atoms with van der Waals surface area (Å²) in [6.45, 7) is 1.21. The van der Waals surface area contributed by atoms with E-state index in [2.05, 4.69) is 0 Å². The first-order valence-corrected chi connectivity index (χ1v) is 7.40. The Morgan fingerprint density at radius 3 is 2.45 bits per heavy atom. The highest BCUT2D eigenvalue weighted by molar-refractivity contribution is 5.26. The van der Waals surface area contributed by atoms with E-state index in [-0.39, 0.29) is 0 Å². The number of benzene rings is 2. The van der Waals surface area contributed by atoms with E-state index in [1.54, 1.807) is 13.2 Å². The molecule has 0 saturated heterocycles. The van der Waals surface area contributed by atoms with Crippen LogP contribution in [0, 0.1) is 0 Å². The van der Waals surface area contributed by atoms with Gasteiger partial charge in [0.2, 0.25) is 0 Å². The summed E-state index contributed by atoms with van der Waals surface area (Å²) in [7, 11) is 1.65. The number of aliphatic hydroxyl groups is 1. The fourth-order valence-electron chi connectivity index (χ4n) is 2.05. The lowest BCUT2D eigenvalue weighted by molar-refractivity contribution is 0.125. The second-order valence-corrected chi connectivity index (χ2v) is 4.97. The molecule has 0 amide bonds. The van der Waals surface area contributed by atoms with E-state index in [4.69, 9.17) is 9.47 Å². The monoisotopic (exact) mass is 298 g/mol. The van der Waals surface area contributed by atoms with Crippen molar-refractivity contribution in [1.82, 2.24) is 0 Å². The minimum atomic E-state index is -0.553. The summed E-state index contributed by atoms with van der Waals surface area (Å²) < 4.78 is 10.7. The first kappa shape index (κ1) is 16.3. The first-order chi connectivity index (χ1) is 10.8. The predicted molar refractivity (Wildman–Crippen MR) is 87.8 cm³/mol. The molecule has 2 rings (SSSR count). The van der Waals surface area contributed by atoms with Crippen LogP contribution >= 0.6 is 0 Å². The van der Waals surface area contributed by atoms with Crippen LogP contribution < -0.4 is 4.74 Å². The van der Waals surface area contributed by atoms with E-state index in [0.717, 1.165) is 23.3 Å². The van der Waals surface area contributed by atoms with Gasteiger partial charge in [0.1, 0.15) is 5.75 Å². The summed E-state index contributed by atoms with van der Waals surface area (Å²) in [5.74, 6) is 0.849. The number of methoxy groups -OCH3 is 1. The van der Waals surface area contributed by atoms with Crippen LogP contribution in [0.3, 0.4) is 0 Å². The molecule has 0 aliphatic rings. The van der Waals surface area contributed by atoms with Crippen molar-refractivity contribution in [3.63, 3.8) is 0 Å². The standard InChI is InChI=1S/C19H22O3/c1-21-18-12-10-16(11-13-18)15-22-14-6-5-9-19(20)17-7-3-2-4-8-17/h2-5,7-13,19-20H,6,14-15H2,1H3/b9-5+/t19-/m0/s1. The maximum absolute atomic E-state index is 9.96. The summed E-state index contributed by atoms with van der Waals surface area (Å²) in [5, 5.41) is 9.96. The average molecular weight is 298 g/mol. The van der Waals surface area contributed by atoms with Crippen molar-refractivity contribution in [2.24, 2.45) is 0 Å². The van der Waals surface area contributed by atoms with Crippen LogP contribution in [0.2, 0.25) is 0 Å². The largest absolute Gasteiger partial charge is 0.497 e. The van der Waals surface area contributed by atoms with E-state index in [1.807, 2.05) is 60.7 Å². The molecule has 0 fully saturated rings. The Morgan fingerprint density at radius 2 is 1.77 bits per heavy atom. The fraction of sp³-hybridized carbons (Fsp3) is 0.263. The molecule has 0 heterocycles. The Labute approximate surface area is 131 Å². The second kappa shape index (κ2) is 9.03. The average Bonchev–Trinajstić information content (AvgIpc) is 2.59. The Hall–Kier alpha value is -2.10. The molecule has 0 bridgehead atoms. The molecule has 1 N–H and O–H groups in total. The Morgan fingerprint density at radius 1 is 1.05 bits per heavy atom. The fourth-order valence-corrected chi connectivity index (χ4v) is 2.05. The van der Waals surface area contributed by atoms with Crippen molar-refractivity contribution < 1.29 is 14.6 Å². The molecule has 116 valence electrons. The van der Waals surface area contributed by atoms with Crippen molar-refractivity contribution in [3.05, 3.63) is 77.9 Å². The third kappa shape index (κ3) is 5.35. The number of ether oxygens (including phenoxy) is 2. The second-order valence-electron chi connectivity index (χ2n) is 4.97. The molecule has 0 aliphatic carbocycles. The van der Waals surface area contributed by atoms with Gasteiger partial charge in [0, 0.05) is 0 Å². The highest BCUT2D eigenvalue weighted by atomic mass is 16.5. The van der Waals surface area contributed by atoms with E-state index in [0.29, 0.717) is 13.2 Å². The smallest absolute Gasteiger partial charge is 0.118 e.